The van der Waals surface area contributed by atoms with Gasteiger partial charge in [0.15, 0.2) is 5.02 Å². The van der Waals surface area contributed by atoms with E-state index in [1.54, 1.807) is 24.3 Å². The molecule has 8 heteroatoms. The molecule has 0 saturated heterocycles. The largest absolute Gasteiger partial charge is 0.408 e. The highest BCUT2D eigenvalue weighted by Gasteiger charge is 2.18. The molecule has 1 aromatic heterocycles. The zero-order chi connectivity index (χ0) is 14.0. The third kappa shape index (κ3) is 2.89. The number of hydrogen-bond acceptors (Lipinski definition) is 4. The van der Waals surface area contributed by atoms with Crippen molar-refractivity contribution in [1.82, 2.24) is 9.78 Å². The molecule has 0 unspecified atom stereocenters. The van der Waals surface area contributed by atoms with E-state index in [4.69, 9.17) is 17.3 Å². The van der Waals surface area contributed by atoms with Crippen LogP contribution in [0.25, 0.3) is 0 Å². The van der Waals surface area contributed by atoms with Crippen LogP contribution < -0.4 is 5.73 Å². The Labute approximate surface area is 112 Å². The summed E-state index contributed by atoms with van der Waals surface area (Å²) in [5.41, 5.74) is 6.34. The van der Waals surface area contributed by atoms with Gasteiger partial charge in [0.1, 0.15) is 0 Å². The highest BCUT2D eigenvalue weighted by molar-refractivity contribution is 6.32. The molecule has 0 aliphatic heterocycles. The molecule has 0 radical (unpaired) electrons. The summed E-state index contributed by atoms with van der Waals surface area (Å²) in [4.78, 5) is 20.9. The maximum Gasteiger partial charge on any atom is 0.408 e. The molecule has 2 aromatic rings. The minimum atomic E-state index is -0.644. The Kier molecular flexibility index (Phi) is 3.48. The number of rotatable bonds is 4. The predicted octanol–water partition coefficient (Wildman–Crippen LogP) is 1.59. The molecule has 0 aliphatic carbocycles. The number of hydrogen-bond donors (Lipinski definition) is 1. The SMILES string of the molecule is NC(=O)c1ccc(Cn2cc(Cl)c([N+](=O)[O-])n2)cc1. The fourth-order valence-corrected chi connectivity index (χ4v) is 1.77. The molecule has 2 N–H and O–H groups in total. The van der Waals surface area contributed by atoms with Crippen LogP contribution in [0, 0.1) is 10.1 Å². The van der Waals surface area contributed by atoms with E-state index in [2.05, 4.69) is 5.10 Å². The lowest BCUT2D eigenvalue weighted by molar-refractivity contribution is -0.389. The maximum absolute atomic E-state index is 10.9. The van der Waals surface area contributed by atoms with Crippen LogP contribution >= 0.6 is 11.6 Å². The molecular formula is C11H9ClN4O3. The summed E-state index contributed by atoms with van der Waals surface area (Å²) in [6, 6.07) is 6.55. The summed E-state index contributed by atoms with van der Waals surface area (Å²) in [5.74, 6) is -0.889. The predicted molar refractivity (Wildman–Crippen MR) is 68.0 cm³/mol. The van der Waals surface area contributed by atoms with Crippen molar-refractivity contribution in [2.75, 3.05) is 0 Å². The number of nitrogens with two attached hydrogens (primary N) is 1. The van der Waals surface area contributed by atoms with Gasteiger partial charge in [-0.05, 0) is 22.6 Å². The second-order valence-corrected chi connectivity index (χ2v) is 4.22. The summed E-state index contributed by atoms with van der Waals surface area (Å²) in [6.45, 7) is 0.312. The van der Waals surface area contributed by atoms with Gasteiger partial charge in [0.25, 0.3) is 0 Å². The minimum absolute atomic E-state index is 0.0150. The molecule has 19 heavy (non-hydrogen) atoms. The molecule has 1 heterocycles. The molecule has 0 bridgehead atoms. The molecule has 0 aliphatic rings. The summed E-state index contributed by atoms with van der Waals surface area (Å²) >= 11 is 5.69. The second kappa shape index (κ2) is 5.07. The van der Waals surface area contributed by atoms with Gasteiger partial charge in [-0.15, -0.1) is 0 Å². The molecule has 0 spiro atoms. The Bertz CT molecular complexity index is 636. The average Bonchev–Trinajstić information content (AvgIpc) is 2.71. The van der Waals surface area contributed by atoms with Crippen molar-refractivity contribution in [3.05, 3.63) is 56.7 Å². The van der Waals surface area contributed by atoms with Gasteiger partial charge < -0.3 is 15.8 Å². The van der Waals surface area contributed by atoms with E-state index < -0.39 is 10.8 Å². The minimum Gasteiger partial charge on any atom is -0.366 e. The van der Waals surface area contributed by atoms with Crippen LogP contribution in [0.4, 0.5) is 5.82 Å². The number of aromatic nitrogens is 2. The molecule has 0 fully saturated rings. The van der Waals surface area contributed by atoms with Crippen LogP contribution in [-0.4, -0.2) is 20.6 Å². The van der Waals surface area contributed by atoms with Crippen LogP contribution in [0.3, 0.4) is 0 Å². The van der Waals surface area contributed by atoms with Gasteiger partial charge in [-0.3, -0.25) is 4.79 Å². The first-order valence-electron chi connectivity index (χ1n) is 5.23. The fourth-order valence-electron chi connectivity index (χ4n) is 1.55. The fraction of sp³-hybridized carbons (Fsp3) is 0.0909. The van der Waals surface area contributed by atoms with Crippen molar-refractivity contribution in [1.29, 1.82) is 0 Å². The molecule has 0 saturated carbocycles. The lowest BCUT2D eigenvalue weighted by Crippen LogP contribution is -2.10. The second-order valence-electron chi connectivity index (χ2n) is 3.82. The molecular weight excluding hydrogens is 272 g/mol. The Balaban J connectivity index is 2.19. The van der Waals surface area contributed by atoms with Gasteiger partial charge in [-0.2, -0.15) is 4.68 Å². The van der Waals surface area contributed by atoms with Crippen molar-refractivity contribution < 1.29 is 9.72 Å². The molecule has 7 nitrogen and oxygen atoms in total. The molecule has 0 atom stereocenters. The van der Waals surface area contributed by atoms with E-state index in [9.17, 15) is 14.9 Å². The van der Waals surface area contributed by atoms with Crippen LogP contribution in [0.15, 0.2) is 30.5 Å². The lowest BCUT2D eigenvalue weighted by atomic mass is 10.1. The smallest absolute Gasteiger partial charge is 0.366 e. The normalized spacial score (nSPS) is 10.4. The van der Waals surface area contributed by atoms with Gasteiger partial charge in [0.05, 0.1) is 17.8 Å². The number of nitro groups is 1. The number of primary amides is 1. The topological polar surface area (TPSA) is 104 Å². The summed E-state index contributed by atoms with van der Waals surface area (Å²) in [6.07, 6.45) is 1.38. The van der Waals surface area contributed by atoms with Crippen molar-refractivity contribution in [2.45, 2.75) is 6.54 Å². The van der Waals surface area contributed by atoms with Gasteiger partial charge in [-0.1, -0.05) is 23.7 Å². The standard InChI is InChI=1S/C11H9ClN4O3/c12-9-6-15(14-11(9)16(18)19)5-7-1-3-8(4-2-7)10(13)17/h1-4,6H,5H2,(H2,13,17). The zero-order valence-electron chi connectivity index (χ0n) is 9.62. The van der Waals surface area contributed by atoms with E-state index in [0.717, 1.165) is 5.56 Å². The number of carbonyl (C=O) groups is 1. The number of nitrogens with zero attached hydrogens (tertiary/aromatic N) is 3. The van der Waals surface area contributed by atoms with E-state index in [1.807, 2.05) is 0 Å². The van der Waals surface area contributed by atoms with Crippen molar-refractivity contribution in [3.8, 4) is 0 Å². The first-order valence-corrected chi connectivity index (χ1v) is 5.61. The highest BCUT2D eigenvalue weighted by atomic mass is 35.5. The monoisotopic (exact) mass is 280 g/mol. The number of halogens is 1. The third-order valence-corrected chi connectivity index (χ3v) is 2.72. The van der Waals surface area contributed by atoms with Crippen LogP contribution in [0.2, 0.25) is 5.02 Å². The average molecular weight is 281 g/mol. The van der Waals surface area contributed by atoms with Gasteiger partial charge in [-0.25, -0.2) is 0 Å². The lowest BCUT2D eigenvalue weighted by Gasteiger charge is -1.99. The van der Waals surface area contributed by atoms with Gasteiger partial charge >= 0.3 is 5.82 Å². The summed E-state index contributed by atoms with van der Waals surface area (Å²) in [5, 5.41) is 14.3. The Hall–Kier alpha value is -2.41. The van der Waals surface area contributed by atoms with Crippen LogP contribution in [0.1, 0.15) is 15.9 Å². The molecule has 1 aromatic carbocycles. The van der Waals surface area contributed by atoms with E-state index in [-0.39, 0.29) is 10.8 Å². The quantitative estimate of drug-likeness (QED) is 0.678. The Morgan fingerprint density at radius 2 is 2.05 bits per heavy atom. The summed E-state index contributed by atoms with van der Waals surface area (Å²) < 4.78 is 1.36. The van der Waals surface area contributed by atoms with E-state index in [1.165, 1.54) is 10.9 Å². The van der Waals surface area contributed by atoms with E-state index in [0.29, 0.717) is 12.1 Å². The first kappa shape index (κ1) is 13.0. The number of amides is 1. The Morgan fingerprint density at radius 3 is 2.53 bits per heavy atom. The number of carbonyl (C=O) groups excluding carboxylic acids is 1. The van der Waals surface area contributed by atoms with E-state index >= 15 is 0 Å². The van der Waals surface area contributed by atoms with Gasteiger partial charge in [0, 0.05) is 5.56 Å². The highest BCUT2D eigenvalue weighted by Crippen LogP contribution is 2.21. The first-order chi connectivity index (χ1) is 8.97. The van der Waals surface area contributed by atoms with Crippen molar-refractivity contribution >= 4 is 23.3 Å². The summed E-state index contributed by atoms with van der Waals surface area (Å²) in [7, 11) is 0. The van der Waals surface area contributed by atoms with Crippen LogP contribution in [0.5, 0.6) is 0 Å². The van der Waals surface area contributed by atoms with Crippen molar-refractivity contribution in [2.24, 2.45) is 5.73 Å². The maximum atomic E-state index is 10.9. The number of benzene rings is 1. The van der Waals surface area contributed by atoms with Gasteiger partial charge in [0.2, 0.25) is 5.91 Å². The third-order valence-electron chi connectivity index (χ3n) is 2.46. The van der Waals surface area contributed by atoms with Crippen LogP contribution in [-0.2, 0) is 6.54 Å². The molecule has 2 rings (SSSR count). The molecule has 1 amide bonds. The molecule has 98 valence electrons. The Morgan fingerprint density at radius 1 is 1.42 bits per heavy atom. The zero-order valence-corrected chi connectivity index (χ0v) is 10.4. The van der Waals surface area contributed by atoms with Crippen molar-refractivity contribution in [3.63, 3.8) is 0 Å².